The molecule has 4 nitrogen and oxygen atoms in total. The van der Waals surface area contributed by atoms with Gasteiger partial charge in [0.05, 0.1) is 18.4 Å². The molecule has 0 spiro atoms. The molecule has 2 fully saturated rings. The van der Waals surface area contributed by atoms with Crippen molar-refractivity contribution in [1.29, 1.82) is 0 Å². The van der Waals surface area contributed by atoms with Crippen molar-refractivity contribution in [2.45, 2.75) is 13.3 Å². The second kappa shape index (κ2) is 3.03. The number of allylic oxidation sites excluding steroid dienone is 2. The summed E-state index contributed by atoms with van der Waals surface area (Å²) in [5.74, 6) is -0.318. The predicted molar refractivity (Wildman–Crippen MR) is 55.1 cm³/mol. The topological polar surface area (TPSA) is 54.5 Å². The van der Waals surface area contributed by atoms with E-state index in [1.165, 1.54) is 6.92 Å². The number of carbonyl (C=O) groups is 3. The van der Waals surface area contributed by atoms with E-state index < -0.39 is 0 Å². The Morgan fingerprint density at radius 1 is 1.25 bits per heavy atom. The van der Waals surface area contributed by atoms with Gasteiger partial charge < -0.3 is 0 Å². The van der Waals surface area contributed by atoms with Crippen molar-refractivity contribution in [3.8, 4) is 0 Å². The van der Waals surface area contributed by atoms with Gasteiger partial charge in [0.1, 0.15) is 5.78 Å². The molecular formula is C12H13NO3. The number of rotatable bonds is 2. The van der Waals surface area contributed by atoms with Crippen LogP contribution in [-0.4, -0.2) is 29.0 Å². The molecule has 0 aromatic rings. The Bertz CT molecular complexity index is 396. The summed E-state index contributed by atoms with van der Waals surface area (Å²) in [6.07, 6.45) is 5.03. The third-order valence-corrected chi connectivity index (χ3v) is 3.94. The zero-order chi connectivity index (χ0) is 11.4. The van der Waals surface area contributed by atoms with E-state index in [1.54, 1.807) is 0 Å². The first-order chi connectivity index (χ1) is 7.59. The molecule has 1 saturated carbocycles. The molecule has 0 aromatic carbocycles. The molecule has 3 aliphatic rings. The van der Waals surface area contributed by atoms with Gasteiger partial charge in [0, 0.05) is 0 Å². The van der Waals surface area contributed by atoms with Crippen LogP contribution in [0, 0.1) is 23.7 Å². The molecule has 2 bridgehead atoms. The number of likely N-dealkylation sites (tertiary alicyclic amines) is 1. The molecule has 1 heterocycles. The van der Waals surface area contributed by atoms with Gasteiger partial charge in [-0.3, -0.25) is 19.3 Å². The van der Waals surface area contributed by atoms with Crippen molar-refractivity contribution in [3.05, 3.63) is 12.2 Å². The minimum Gasteiger partial charge on any atom is -0.298 e. The molecule has 1 aliphatic heterocycles. The van der Waals surface area contributed by atoms with Gasteiger partial charge in [-0.1, -0.05) is 12.2 Å². The Hall–Kier alpha value is -1.45. The number of hydrogen-bond acceptors (Lipinski definition) is 3. The van der Waals surface area contributed by atoms with Gasteiger partial charge in [-0.25, -0.2) is 0 Å². The van der Waals surface area contributed by atoms with Gasteiger partial charge in [-0.05, 0) is 25.2 Å². The molecule has 16 heavy (non-hydrogen) atoms. The normalized spacial score (nSPS) is 39.7. The summed E-state index contributed by atoms with van der Waals surface area (Å²) in [7, 11) is 0. The molecule has 3 rings (SSSR count). The summed E-state index contributed by atoms with van der Waals surface area (Å²) in [5, 5.41) is 0. The van der Waals surface area contributed by atoms with Crippen LogP contribution >= 0.6 is 0 Å². The van der Waals surface area contributed by atoms with Crippen LogP contribution in [0.3, 0.4) is 0 Å². The van der Waals surface area contributed by atoms with Gasteiger partial charge in [0.2, 0.25) is 11.8 Å². The minimum absolute atomic E-state index is 0.0515. The van der Waals surface area contributed by atoms with Crippen LogP contribution in [0.15, 0.2) is 12.2 Å². The van der Waals surface area contributed by atoms with E-state index in [1.807, 2.05) is 12.2 Å². The Morgan fingerprint density at radius 3 is 2.19 bits per heavy atom. The second-order valence-corrected chi connectivity index (χ2v) is 4.96. The van der Waals surface area contributed by atoms with E-state index in [2.05, 4.69) is 0 Å². The van der Waals surface area contributed by atoms with Crippen molar-refractivity contribution < 1.29 is 14.4 Å². The maximum Gasteiger partial charge on any atom is 0.234 e. The van der Waals surface area contributed by atoms with Crippen LogP contribution in [0.25, 0.3) is 0 Å². The second-order valence-electron chi connectivity index (χ2n) is 4.96. The summed E-state index contributed by atoms with van der Waals surface area (Å²) < 4.78 is 0. The Morgan fingerprint density at radius 2 is 1.75 bits per heavy atom. The SMILES string of the molecule is CC(=O)CN1C(=O)C2C3C=CC(C3)C2C1=O. The molecule has 0 radical (unpaired) electrons. The molecule has 1 saturated heterocycles. The minimum atomic E-state index is -0.179. The summed E-state index contributed by atoms with van der Waals surface area (Å²) in [6.45, 7) is 1.35. The fraction of sp³-hybridized carbons (Fsp3) is 0.583. The number of imide groups is 1. The molecule has 2 aliphatic carbocycles. The number of nitrogens with zero attached hydrogens (tertiary/aromatic N) is 1. The van der Waals surface area contributed by atoms with E-state index in [0.717, 1.165) is 11.3 Å². The molecule has 84 valence electrons. The largest absolute Gasteiger partial charge is 0.298 e. The highest BCUT2D eigenvalue weighted by molar-refractivity contribution is 6.08. The van der Waals surface area contributed by atoms with Gasteiger partial charge in [0.25, 0.3) is 0 Å². The van der Waals surface area contributed by atoms with Crippen molar-refractivity contribution in [1.82, 2.24) is 4.90 Å². The molecule has 2 amide bonds. The lowest BCUT2D eigenvalue weighted by molar-refractivity contribution is -0.143. The van der Waals surface area contributed by atoms with Crippen molar-refractivity contribution in [2.75, 3.05) is 6.54 Å². The molecule has 4 unspecified atom stereocenters. The Labute approximate surface area is 93.3 Å². The first-order valence-electron chi connectivity index (χ1n) is 5.62. The van der Waals surface area contributed by atoms with Crippen LogP contribution in [0.2, 0.25) is 0 Å². The lowest BCUT2D eigenvalue weighted by Gasteiger charge is -2.14. The maximum atomic E-state index is 12.0. The lowest BCUT2D eigenvalue weighted by Crippen LogP contribution is -2.36. The highest BCUT2D eigenvalue weighted by Gasteiger charge is 2.59. The summed E-state index contributed by atoms with van der Waals surface area (Å²) in [6, 6.07) is 0. The van der Waals surface area contributed by atoms with Gasteiger partial charge >= 0.3 is 0 Å². The third-order valence-electron chi connectivity index (χ3n) is 3.94. The fourth-order valence-corrected chi connectivity index (χ4v) is 3.34. The van der Waals surface area contributed by atoms with E-state index in [4.69, 9.17) is 0 Å². The number of ketones is 1. The lowest BCUT2D eigenvalue weighted by atomic mass is 9.85. The molecule has 0 N–H and O–H groups in total. The van der Waals surface area contributed by atoms with Crippen LogP contribution in [0.1, 0.15) is 13.3 Å². The first kappa shape index (κ1) is 9.75. The predicted octanol–water partition coefficient (Wildman–Crippen LogP) is 0.383. The van der Waals surface area contributed by atoms with Crippen LogP contribution in [0.5, 0.6) is 0 Å². The highest BCUT2D eigenvalue weighted by Crippen LogP contribution is 2.52. The fourth-order valence-electron chi connectivity index (χ4n) is 3.34. The average Bonchev–Trinajstić information content (AvgIpc) is 2.87. The monoisotopic (exact) mass is 219 g/mol. The van der Waals surface area contributed by atoms with Crippen molar-refractivity contribution in [3.63, 3.8) is 0 Å². The molecule has 4 atom stereocenters. The molecular weight excluding hydrogens is 206 g/mol. The summed E-state index contributed by atoms with van der Waals surface area (Å²) in [5.41, 5.74) is 0. The van der Waals surface area contributed by atoms with Crippen molar-refractivity contribution >= 4 is 17.6 Å². The van der Waals surface area contributed by atoms with Gasteiger partial charge in [-0.15, -0.1) is 0 Å². The number of hydrogen-bond donors (Lipinski definition) is 0. The molecule has 0 aromatic heterocycles. The number of Topliss-reactive ketones (excluding diaryl/α,β-unsaturated/α-hetero) is 1. The van der Waals surface area contributed by atoms with Crippen LogP contribution in [-0.2, 0) is 14.4 Å². The quantitative estimate of drug-likeness (QED) is 0.498. The zero-order valence-corrected chi connectivity index (χ0v) is 9.05. The summed E-state index contributed by atoms with van der Waals surface area (Å²) >= 11 is 0. The number of carbonyl (C=O) groups excluding carboxylic acids is 3. The van der Waals surface area contributed by atoms with Crippen LogP contribution < -0.4 is 0 Å². The summed E-state index contributed by atoms with van der Waals surface area (Å²) in [4.78, 5) is 36.3. The zero-order valence-electron chi connectivity index (χ0n) is 9.05. The average molecular weight is 219 g/mol. The third kappa shape index (κ3) is 1.07. The van der Waals surface area contributed by atoms with E-state index in [9.17, 15) is 14.4 Å². The van der Waals surface area contributed by atoms with E-state index in [0.29, 0.717) is 0 Å². The number of fused-ring (bicyclic) bond motifs is 5. The smallest absolute Gasteiger partial charge is 0.234 e. The Kier molecular flexibility index (Phi) is 1.85. The number of amides is 2. The van der Waals surface area contributed by atoms with Crippen molar-refractivity contribution in [2.24, 2.45) is 23.7 Å². The molecule has 4 heteroatoms. The van der Waals surface area contributed by atoms with Gasteiger partial charge in [0.15, 0.2) is 0 Å². The first-order valence-corrected chi connectivity index (χ1v) is 5.62. The Balaban J connectivity index is 1.91. The van der Waals surface area contributed by atoms with E-state index >= 15 is 0 Å². The van der Waals surface area contributed by atoms with E-state index in [-0.39, 0.29) is 47.8 Å². The van der Waals surface area contributed by atoms with Crippen LogP contribution in [0.4, 0.5) is 0 Å². The van der Waals surface area contributed by atoms with Gasteiger partial charge in [-0.2, -0.15) is 0 Å². The maximum absolute atomic E-state index is 12.0. The highest BCUT2D eigenvalue weighted by atomic mass is 16.2. The standard InChI is InChI=1S/C12H13NO3/c1-6(14)5-13-11(15)9-7-2-3-8(4-7)10(9)12(13)16/h2-3,7-10H,4-5H2,1H3.